The van der Waals surface area contributed by atoms with E-state index in [0.29, 0.717) is 5.69 Å². The maximum atomic E-state index is 11.7. The normalized spacial score (nSPS) is 11.7. The number of pyridine rings is 1. The minimum absolute atomic E-state index is 0.0116. The number of carboxylic acids is 1. The van der Waals surface area contributed by atoms with Gasteiger partial charge in [0.05, 0.1) is 5.69 Å². The van der Waals surface area contributed by atoms with Crippen molar-refractivity contribution < 1.29 is 14.7 Å². The standard InChI is InChI=1S/C11H11ClN2O3/c1-6(7(2)11(16)17)10(15)14-8-4-3-5-13-9(8)12/h3-5H,1-2H3,(H,14,15)(H,16,17)/b7-6-. The molecule has 0 saturated heterocycles. The van der Waals surface area contributed by atoms with Crippen molar-refractivity contribution in [1.29, 1.82) is 0 Å². The Kier molecular flexibility index (Phi) is 4.23. The van der Waals surface area contributed by atoms with Gasteiger partial charge in [0.1, 0.15) is 0 Å². The first-order valence-electron chi connectivity index (χ1n) is 4.76. The monoisotopic (exact) mass is 254 g/mol. The van der Waals surface area contributed by atoms with E-state index in [9.17, 15) is 9.59 Å². The van der Waals surface area contributed by atoms with Gasteiger partial charge in [0.25, 0.3) is 5.91 Å². The molecule has 0 aliphatic heterocycles. The van der Waals surface area contributed by atoms with E-state index in [2.05, 4.69) is 10.3 Å². The maximum Gasteiger partial charge on any atom is 0.331 e. The molecule has 0 spiro atoms. The van der Waals surface area contributed by atoms with Crippen LogP contribution in [0.3, 0.4) is 0 Å². The zero-order chi connectivity index (χ0) is 13.0. The number of hydrogen-bond donors (Lipinski definition) is 2. The van der Waals surface area contributed by atoms with Crippen molar-refractivity contribution in [1.82, 2.24) is 4.98 Å². The smallest absolute Gasteiger partial charge is 0.331 e. The van der Waals surface area contributed by atoms with Crippen LogP contribution in [0, 0.1) is 0 Å². The zero-order valence-corrected chi connectivity index (χ0v) is 10.1. The van der Waals surface area contributed by atoms with Crippen LogP contribution in [0.1, 0.15) is 13.8 Å². The summed E-state index contributed by atoms with van der Waals surface area (Å²) in [6.45, 7) is 2.80. The maximum absolute atomic E-state index is 11.7. The van der Waals surface area contributed by atoms with Crippen molar-refractivity contribution >= 4 is 29.2 Å². The average molecular weight is 255 g/mol. The molecular weight excluding hydrogens is 244 g/mol. The SMILES string of the molecule is C/C(C(=O)O)=C(\C)C(=O)Nc1cccnc1Cl. The second-order valence-electron chi connectivity index (χ2n) is 3.35. The quantitative estimate of drug-likeness (QED) is 0.639. The van der Waals surface area contributed by atoms with E-state index in [1.165, 1.54) is 20.0 Å². The lowest BCUT2D eigenvalue weighted by Crippen LogP contribution is -2.16. The molecule has 0 aliphatic rings. The number of halogens is 1. The molecule has 1 amide bonds. The van der Waals surface area contributed by atoms with Crippen molar-refractivity contribution in [2.45, 2.75) is 13.8 Å². The molecule has 90 valence electrons. The number of rotatable bonds is 3. The predicted octanol–water partition coefficient (Wildman–Crippen LogP) is 2.09. The van der Waals surface area contributed by atoms with Crippen LogP contribution in [0.5, 0.6) is 0 Å². The van der Waals surface area contributed by atoms with Crippen LogP contribution in [0.15, 0.2) is 29.5 Å². The predicted molar refractivity (Wildman–Crippen MR) is 63.9 cm³/mol. The molecule has 2 N–H and O–H groups in total. The van der Waals surface area contributed by atoms with Crippen molar-refractivity contribution in [2.75, 3.05) is 5.32 Å². The van der Waals surface area contributed by atoms with E-state index in [-0.39, 0.29) is 16.3 Å². The van der Waals surface area contributed by atoms with Gasteiger partial charge in [0.15, 0.2) is 5.15 Å². The van der Waals surface area contributed by atoms with Gasteiger partial charge in [-0.1, -0.05) is 11.6 Å². The van der Waals surface area contributed by atoms with Gasteiger partial charge < -0.3 is 10.4 Å². The highest BCUT2D eigenvalue weighted by Gasteiger charge is 2.13. The third-order valence-electron chi connectivity index (χ3n) is 2.23. The van der Waals surface area contributed by atoms with Crippen molar-refractivity contribution in [2.24, 2.45) is 0 Å². The number of anilines is 1. The molecule has 0 saturated carbocycles. The Morgan fingerprint density at radius 2 is 2.00 bits per heavy atom. The highest BCUT2D eigenvalue weighted by Crippen LogP contribution is 2.18. The van der Waals surface area contributed by atoms with Gasteiger partial charge in [-0.3, -0.25) is 4.79 Å². The van der Waals surface area contributed by atoms with Crippen LogP contribution in [0.4, 0.5) is 5.69 Å². The van der Waals surface area contributed by atoms with E-state index in [4.69, 9.17) is 16.7 Å². The number of amides is 1. The Labute approximate surface area is 103 Å². The summed E-state index contributed by atoms with van der Waals surface area (Å²) >= 11 is 5.76. The average Bonchev–Trinajstić information content (AvgIpc) is 2.30. The Bertz CT molecular complexity index is 497. The second-order valence-corrected chi connectivity index (χ2v) is 3.71. The minimum atomic E-state index is -1.13. The van der Waals surface area contributed by atoms with Crippen LogP contribution < -0.4 is 5.32 Å². The van der Waals surface area contributed by atoms with Crippen LogP contribution in [-0.2, 0) is 9.59 Å². The van der Waals surface area contributed by atoms with Crippen LogP contribution in [0.2, 0.25) is 5.15 Å². The van der Waals surface area contributed by atoms with Crippen molar-refractivity contribution in [3.63, 3.8) is 0 Å². The summed E-state index contributed by atoms with van der Waals surface area (Å²) in [6.07, 6.45) is 1.49. The first-order chi connectivity index (χ1) is 7.93. The van der Waals surface area contributed by atoms with Gasteiger partial charge >= 0.3 is 5.97 Å². The van der Waals surface area contributed by atoms with Crippen molar-refractivity contribution in [3.05, 3.63) is 34.6 Å². The number of hydrogen-bond acceptors (Lipinski definition) is 3. The number of aromatic nitrogens is 1. The molecule has 6 heteroatoms. The van der Waals surface area contributed by atoms with E-state index in [0.717, 1.165) is 0 Å². The molecular formula is C11H11ClN2O3. The lowest BCUT2D eigenvalue weighted by molar-refractivity contribution is -0.133. The van der Waals surface area contributed by atoms with E-state index < -0.39 is 11.9 Å². The van der Waals surface area contributed by atoms with Crippen molar-refractivity contribution in [3.8, 4) is 0 Å². The van der Waals surface area contributed by atoms with Gasteiger partial charge in [-0.15, -0.1) is 0 Å². The van der Waals surface area contributed by atoms with Gasteiger partial charge in [-0.25, -0.2) is 9.78 Å². The topological polar surface area (TPSA) is 79.3 Å². The highest BCUT2D eigenvalue weighted by atomic mass is 35.5. The third-order valence-corrected chi connectivity index (χ3v) is 2.53. The summed E-state index contributed by atoms with van der Waals surface area (Å²) in [6, 6.07) is 3.20. The Morgan fingerprint density at radius 1 is 1.35 bits per heavy atom. The number of nitrogens with zero attached hydrogens (tertiary/aromatic N) is 1. The molecule has 0 bridgehead atoms. The highest BCUT2D eigenvalue weighted by molar-refractivity contribution is 6.32. The first kappa shape index (κ1) is 13.2. The fraction of sp³-hybridized carbons (Fsp3) is 0.182. The Morgan fingerprint density at radius 3 is 2.53 bits per heavy atom. The molecule has 0 atom stereocenters. The minimum Gasteiger partial charge on any atom is -0.478 e. The molecule has 1 heterocycles. The summed E-state index contributed by atoms with van der Waals surface area (Å²) in [4.78, 5) is 26.2. The molecule has 1 aromatic heterocycles. The van der Waals surface area contributed by atoms with Crippen LogP contribution in [0.25, 0.3) is 0 Å². The largest absolute Gasteiger partial charge is 0.478 e. The fourth-order valence-electron chi connectivity index (χ4n) is 1.03. The summed E-state index contributed by atoms with van der Waals surface area (Å²) in [5.74, 6) is -1.64. The number of aliphatic carboxylic acids is 1. The second kappa shape index (κ2) is 5.45. The molecule has 1 aromatic rings. The van der Waals surface area contributed by atoms with Gasteiger partial charge in [0, 0.05) is 17.3 Å². The molecule has 0 aliphatic carbocycles. The number of carbonyl (C=O) groups excluding carboxylic acids is 1. The van der Waals surface area contributed by atoms with Crippen LogP contribution in [-0.4, -0.2) is 22.0 Å². The Balaban J connectivity index is 2.91. The molecule has 0 radical (unpaired) electrons. The first-order valence-corrected chi connectivity index (χ1v) is 5.14. The number of carboxylic acid groups (broad SMARTS) is 1. The summed E-state index contributed by atoms with van der Waals surface area (Å²) in [7, 11) is 0. The molecule has 0 aromatic carbocycles. The fourth-order valence-corrected chi connectivity index (χ4v) is 1.19. The molecule has 0 unspecified atom stereocenters. The molecule has 17 heavy (non-hydrogen) atoms. The lowest BCUT2D eigenvalue weighted by Gasteiger charge is -2.07. The molecule has 0 fully saturated rings. The summed E-state index contributed by atoms with van der Waals surface area (Å²) < 4.78 is 0. The summed E-state index contributed by atoms with van der Waals surface area (Å²) in [5.41, 5.74) is 0.455. The number of carbonyl (C=O) groups is 2. The van der Waals surface area contributed by atoms with E-state index in [1.807, 2.05) is 0 Å². The van der Waals surface area contributed by atoms with E-state index >= 15 is 0 Å². The van der Waals surface area contributed by atoms with Gasteiger partial charge in [-0.05, 0) is 26.0 Å². The Hall–Kier alpha value is -1.88. The van der Waals surface area contributed by atoms with Gasteiger partial charge in [-0.2, -0.15) is 0 Å². The number of nitrogens with one attached hydrogen (secondary N) is 1. The van der Waals surface area contributed by atoms with Crippen LogP contribution >= 0.6 is 11.6 Å². The van der Waals surface area contributed by atoms with E-state index in [1.54, 1.807) is 12.1 Å². The van der Waals surface area contributed by atoms with Gasteiger partial charge in [0.2, 0.25) is 0 Å². The zero-order valence-electron chi connectivity index (χ0n) is 9.32. The molecule has 5 nitrogen and oxygen atoms in total. The lowest BCUT2D eigenvalue weighted by atomic mass is 10.1. The molecule has 1 rings (SSSR count). The third kappa shape index (κ3) is 3.29. The summed E-state index contributed by atoms with van der Waals surface area (Å²) in [5, 5.41) is 11.4.